The van der Waals surface area contributed by atoms with Crippen LogP contribution < -0.4 is 15.4 Å². The Labute approximate surface area is 204 Å². The van der Waals surface area contributed by atoms with Crippen LogP contribution in [0.3, 0.4) is 0 Å². The predicted molar refractivity (Wildman–Crippen MR) is 131 cm³/mol. The molecule has 7 heteroatoms. The van der Waals surface area contributed by atoms with Gasteiger partial charge in [0.25, 0.3) is 0 Å². The summed E-state index contributed by atoms with van der Waals surface area (Å²) in [6.07, 6.45) is 4.74. The molecule has 1 aliphatic carbocycles. The van der Waals surface area contributed by atoms with E-state index in [4.69, 9.17) is 9.47 Å². The Hall–Kier alpha value is -3.29. The van der Waals surface area contributed by atoms with Crippen LogP contribution >= 0.6 is 0 Å². The van der Waals surface area contributed by atoms with Crippen LogP contribution in [0.2, 0.25) is 0 Å². The second kappa shape index (κ2) is 10.5. The zero-order valence-electron chi connectivity index (χ0n) is 19.6. The molecular weight excluding hydrogens is 445 g/mol. The van der Waals surface area contributed by atoms with Gasteiger partial charge in [-0.05, 0) is 43.0 Å². The van der Waals surface area contributed by atoms with Gasteiger partial charge in [-0.15, -0.1) is 0 Å². The number of aromatic nitrogens is 1. The van der Waals surface area contributed by atoms with Gasteiger partial charge in [0.1, 0.15) is 17.2 Å². The lowest BCUT2D eigenvalue weighted by Gasteiger charge is -2.48. The van der Waals surface area contributed by atoms with E-state index in [1.54, 1.807) is 24.4 Å². The van der Waals surface area contributed by atoms with Gasteiger partial charge in [0.05, 0.1) is 25.7 Å². The highest BCUT2D eigenvalue weighted by Gasteiger charge is 2.47. The van der Waals surface area contributed by atoms with Gasteiger partial charge in [-0.3, -0.25) is 9.78 Å². The lowest BCUT2D eigenvalue weighted by atomic mass is 9.74. The number of pyridine rings is 1. The number of ether oxygens (including phenoxy) is 2. The van der Waals surface area contributed by atoms with Crippen molar-refractivity contribution in [2.24, 2.45) is 0 Å². The molecule has 35 heavy (non-hydrogen) atoms. The fourth-order valence-electron chi connectivity index (χ4n) is 4.69. The maximum Gasteiger partial charge on any atom is 0.226 e. The third-order valence-electron chi connectivity index (χ3n) is 6.83. The first-order valence-corrected chi connectivity index (χ1v) is 12.2. The Morgan fingerprint density at radius 2 is 2.03 bits per heavy atom. The highest BCUT2D eigenvalue weighted by atomic mass is 19.1. The van der Waals surface area contributed by atoms with Crippen molar-refractivity contribution in [1.82, 2.24) is 15.6 Å². The van der Waals surface area contributed by atoms with Gasteiger partial charge in [-0.25, -0.2) is 4.39 Å². The van der Waals surface area contributed by atoms with Crippen LogP contribution in [0.5, 0.6) is 5.75 Å². The topological polar surface area (TPSA) is 72.5 Å². The number of hydrogen-bond acceptors (Lipinski definition) is 5. The zero-order chi connectivity index (χ0) is 24.1. The smallest absolute Gasteiger partial charge is 0.226 e. The van der Waals surface area contributed by atoms with E-state index in [1.807, 2.05) is 36.4 Å². The summed E-state index contributed by atoms with van der Waals surface area (Å²) in [7, 11) is 0. The Bertz CT molecular complexity index is 1140. The molecule has 3 aromatic rings. The number of amides is 1. The molecule has 182 valence electrons. The van der Waals surface area contributed by atoms with Crippen molar-refractivity contribution in [2.45, 2.75) is 43.9 Å². The van der Waals surface area contributed by atoms with Crippen molar-refractivity contribution in [2.75, 3.05) is 19.8 Å². The first-order valence-electron chi connectivity index (χ1n) is 12.2. The Morgan fingerprint density at radius 1 is 1.17 bits per heavy atom. The Kier molecular flexibility index (Phi) is 7.06. The molecule has 0 spiro atoms. The first kappa shape index (κ1) is 23.5. The van der Waals surface area contributed by atoms with Crippen molar-refractivity contribution < 1.29 is 18.7 Å². The summed E-state index contributed by atoms with van der Waals surface area (Å²) in [6, 6.07) is 18.4. The predicted octanol–water partition coefficient (Wildman–Crippen LogP) is 4.04. The van der Waals surface area contributed by atoms with Crippen LogP contribution in [0.15, 0.2) is 66.9 Å². The quantitative estimate of drug-likeness (QED) is 0.515. The summed E-state index contributed by atoms with van der Waals surface area (Å²) in [6.45, 7) is 2.60. The number of carbonyl (C=O) groups excluding carboxylic acids is 1. The number of nitrogens with zero attached hydrogens (tertiary/aromatic N) is 1. The van der Waals surface area contributed by atoms with Gasteiger partial charge in [0, 0.05) is 42.2 Å². The largest absolute Gasteiger partial charge is 0.485 e. The minimum Gasteiger partial charge on any atom is -0.485 e. The van der Waals surface area contributed by atoms with Gasteiger partial charge in [-0.1, -0.05) is 36.4 Å². The van der Waals surface area contributed by atoms with Crippen LogP contribution in [0.4, 0.5) is 4.39 Å². The molecule has 2 fully saturated rings. The molecule has 6 nitrogen and oxygen atoms in total. The minimum atomic E-state index is -0.361. The molecule has 2 aromatic carbocycles. The highest BCUT2D eigenvalue weighted by Crippen LogP contribution is 2.40. The Balaban J connectivity index is 1.20. The van der Waals surface area contributed by atoms with Crippen LogP contribution in [0.25, 0.3) is 11.1 Å². The lowest BCUT2D eigenvalue weighted by molar-refractivity contribution is -0.120. The first-order chi connectivity index (χ1) is 17.1. The van der Waals surface area contributed by atoms with Crippen molar-refractivity contribution in [3.8, 4) is 16.9 Å². The number of morpholine rings is 1. The van der Waals surface area contributed by atoms with E-state index >= 15 is 4.39 Å². The highest BCUT2D eigenvalue weighted by molar-refractivity contribution is 5.78. The van der Waals surface area contributed by atoms with Crippen molar-refractivity contribution in [3.63, 3.8) is 0 Å². The second-order valence-electron chi connectivity index (χ2n) is 9.22. The molecule has 1 aliphatic heterocycles. The summed E-state index contributed by atoms with van der Waals surface area (Å²) < 4.78 is 27.0. The van der Waals surface area contributed by atoms with E-state index in [-0.39, 0.29) is 29.8 Å². The molecule has 0 radical (unpaired) electrons. The summed E-state index contributed by atoms with van der Waals surface area (Å²) in [5, 5.41) is 6.38. The number of halogens is 1. The third kappa shape index (κ3) is 5.52. The molecule has 1 saturated heterocycles. The van der Waals surface area contributed by atoms with Gasteiger partial charge >= 0.3 is 0 Å². The van der Waals surface area contributed by atoms with E-state index < -0.39 is 0 Å². The number of nitrogens with one attached hydrogen (secondary N) is 2. The molecule has 1 saturated carbocycles. The molecule has 0 unspecified atom stereocenters. The summed E-state index contributed by atoms with van der Waals surface area (Å²) in [5.74, 6) is 0.0579. The molecule has 0 bridgehead atoms. The molecule has 1 atom stereocenters. The second-order valence-corrected chi connectivity index (χ2v) is 9.22. The molecule has 1 aromatic heterocycles. The van der Waals surface area contributed by atoms with Gasteiger partial charge in [0.15, 0.2) is 0 Å². The number of carbonyl (C=O) groups is 1. The van der Waals surface area contributed by atoms with Crippen LogP contribution in [-0.2, 0) is 22.5 Å². The van der Waals surface area contributed by atoms with Gasteiger partial charge < -0.3 is 20.1 Å². The Morgan fingerprint density at radius 3 is 2.69 bits per heavy atom. The average molecular weight is 476 g/mol. The van der Waals surface area contributed by atoms with E-state index in [2.05, 4.69) is 15.6 Å². The van der Waals surface area contributed by atoms with Crippen molar-refractivity contribution in [3.05, 3.63) is 83.9 Å². The van der Waals surface area contributed by atoms with Crippen LogP contribution in [-0.4, -0.2) is 42.3 Å². The van der Waals surface area contributed by atoms with E-state index in [9.17, 15) is 4.79 Å². The summed E-state index contributed by atoms with van der Waals surface area (Å²) in [4.78, 5) is 16.6. The standard InChI is InChI=1S/C28H30FN3O3/c29-25-16-23(35-28(11-4-12-28)26-19-34-14-13-30-26)9-10-24(25)21-7-8-22(31-18-21)15-27(33)32-17-20-5-2-1-3-6-20/h1-3,5-10,16,18,26,30H,4,11-15,17,19H2,(H,32,33)/t26-/m1/s1. The van der Waals surface area contributed by atoms with Gasteiger partial charge in [-0.2, -0.15) is 0 Å². The van der Waals surface area contributed by atoms with E-state index in [0.29, 0.717) is 42.3 Å². The zero-order valence-corrected chi connectivity index (χ0v) is 19.6. The average Bonchev–Trinajstić information content (AvgIpc) is 2.87. The van der Waals surface area contributed by atoms with E-state index in [1.165, 1.54) is 6.07 Å². The minimum absolute atomic E-state index is 0.107. The normalized spacial score (nSPS) is 18.9. The van der Waals surface area contributed by atoms with Gasteiger partial charge in [0.2, 0.25) is 5.91 Å². The number of rotatable bonds is 8. The summed E-state index contributed by atoms with van der Waals surface area (Å²) in [5.41, 5.74) is 2.45. The van der Waals surface area contributed by atoms with Crippen LogP contribution in [0, 0.1) is 5.82 Å². The number of hydrogen-bond donors (Lipinski definition) is 2. The van der Waals surface area contributed by atoms with Crippen molar-refractivity contribution in [1.29, 1.82) is 0 Å². The lowest BCUT2D eigenvalue weighted by Crippen LogP contribution is -2.63. The van der Waals surface area contributed by atoms with E-state index in [0.717, 1.165) is 31.4 Å². The molecule has 2 heterocycles. The summed E-state index contributed by atoms with van der Waals surface area (Å²) >= 11 is 0. The molecule has 5 rings (SSSR count). The molecule has 2 aliphatic rings. The fourth-order valence-corrected chi connectivity index (χ4v) is 4.69. The SMILES string of the molecule is O=C(Cc1ccc(-c2ccc(OC3([C@H]4COCCN4)CCC3)cc2F)cn1)NCc1ccccc1. The molecule has 1 amide bonds. The van der Waals surface area contributed by atoms with Crippen LogP contribution in [0.1, 0.15) is 30.5 Å². The fraction of sp³-hybridized carbons (Fsp3) is 0.357. The third-order valence-corrected chi connectivity index (χ3v) is 6.83. The maximum absolute atomic E-state index is 15.0. The molecule has 2 N–H and O–H groups in total. The van der Waals surface area contributed by atoms with Crippen molar-refractivity contribution >= 4 is 5.91 Å². The maximum atomic E-state index is 15.0. The molecular formula is C28H30FN3O3. The number of benzene rings is 2. The monoisotopic (exact) mass is 475 g/mol.